The lowest BCUT2D eigenvalue weighted by Gasteiger charge is -2.06. The summed E-state index contributed by atoms with van der Waals surface area (Å²) in [5.74, 6) is -0.227. The zero-order chi connectivity index (χ0) is 10.8. The quantitative estimate of drug-likeness (QED) is 0.730. The van der Waals surface area contributed by atoms with Crippen molar-refractivity contribution >= 4 is 28.6 Å². The second-order valence-corrected chi connectivity index (χ2v) is 4.54. The standard InChI is InChI=1S/C12H8BrFS/c13-8-5-6-10(12(15)7-8)9-3-1-2-4-11(9)14/h1-7,15H. The van der Waals surface area contributed by atoms with Gasteiger partial charge >= 0.3 is 0 Å². The molecule has 0 aromatic heterocycles. The van der Waals surface area contributed by atoms with Gasteiger partial charge in [-0.3, -0.25) is 0 Å². The molecule has 0 N–H and O–H groups in total. The van der Waals surface area contributed by atoms with E-state index in [2.05, 4.69) is 28.6 Å². The lowest BCUT2D eigenvalue weighted by molar-refractivity contribution is 0.631. The molecule has 0 saturated carbocycles. The Balaban J connectivity index is 2.60. The largest absolute Gasteiger partial charge is 0.206 e. The van der Waals surface area contributed by atoms with Crippen molar-refractivity contribution in [2.75, 3.05) is 0 Å². The molecule has 0 unspecified atom stereocenters. The maximum Gasteiger partial charge on any atom is 0.131 e. The van der Waals surface area contributed by atoms with E-state index < -0.39 is 0 Å². The van der Waals surface area contributed by atoms with Gasteiger partial charge in [0.05, 0.1) is 0 Å². The Hall–Kier alpha value is -0.800. The molecule has 0 nitrogen and oxygen atoms in total. The lowest BCUT2D eigenvalue weighted by atomic mass is 10.1. The molecule has 15 heavy (non-hydrogen) atoms. The van der Waals surface area contributed by atoms with Crippen LogP contribution in [0, 0.1) is 5.82 Å². The average molecular weight is 283 g/mol. The molecule has 76 valence electrons. The molecule has 0 fully saturated rings. The molecule has 3 heteroatoms. The van der Waals surface area contributed by atoms with E-state index in [0.29, 0.717) is 5.56 Å². The number of hydrogen-bond acceptors (Lipinski definition) is 1. The van der Waals surface area contributed by atoms with Crippen LogP contribution >= 0.6 is 28.6 Å². The maximum absolute atomic E-state index is 13.5. The molecule has 0 aliphatic rings. The van der Waals surface area contributed by atoms with Crippen LogP contribution < -0.4 is 0 Å². The first-order chi connectivity index (χ1) is 7.18. The van der Waals surface area contributed by atoms with Gasteiger partial charge in [-0.05, 0) is 23.8 Å². The van der Waals surface area contributed by atoms with Gasteiger partial charge in [-0.25, -0.2) is 4.39 Å². The Bertz CT molecular complexity index is 497. The highest BCUT2D eigenvalue weighted by molar-refractivity contribution is 9.10. The van der Waals surface area contributed by atoms with Crippen LogP contribution in [0.25, 0.3) is 11.1 Å². The molecular formula is C12H8BrFS. The summed E-state index contributed by atoms with van der Waals surface area (Å²) in [6.07, 6.45) is 0. The average Bonchev–Trinajstić information content (AvgIpc) is 2.20. The van der Waals surface area contributed by atoms with E-state index in [1.165, 1.54) is 6.07 Å². The van der Waals surface area contributed by atoms with Gasteiger partial charge in [0.2, 0.25) is 0 Å². The molecular weight excluding hydrogens is 275 g/mol. The normalized spacial score (nSPS) is 10.3. The number of rotatable bonds is 1. The van der Waals surface area contributed by atoms with Crippen LogP contribution in [-0.2, 0) is 0 Å². The highest BCUT2D eigenvalue weighted by Gasteiger charge is 2.07. The van der Waals surface area contributed by atoms with Gasteiger partial charge in [-0.2, -0.15) is 0 Å². The van der Waals surface area contributed by atoms with Crippen LogP contribution in [0.2, 0.25) is 0 Å². The number of halogens is 2. The molecule has 2 aromatic rings. The summed E-state index contributed by atoms with van der Waals surface area (Å²) in [6, 6.07) is 12.3. The van der Waals surface area contributed by atoms with Gasteiger partial charge in [0, 0.05) is 14.9 Å². The highest BCUT2D eigenvalue weighted by Crippen LogP contribution is 2.30. The van der Waals surface area contributed by atoms with Crippen molar-refractivity contribution in [3.05, 3.63) is 52.8 Å². The molecule has 0 aliphatic heterocycles. The predicted octanol–water partition coefficient (Wildman–Crippen LogP) is 4.54. The van der Waals surface area contributed by atoms with E-state index in [1.807, 2.05) is 24.3 Å². The number of thiol groups is 1. The molecule has 2 aromatic carbocycles. The van der Waals surface area contributed by atoms with E-state index in [-0.39, 0.29) is 5.82 Å². The summed E-state index contributed by atoms with van der Waals surface area (Å²) in [5, 5.41) is 0. The van der Waals surface area contributed by atoms with Crippen molar-refractivity contribution in [3.8, 4) is 11.1 Å². The zero-order valence-corrected chi connectivity index (χ0v) is 10.2. The highest BCUT2D eigenvalue weighted by atomic mass is 79.9. The molecule has 0 radical (unpaired) electrons. The SMILES string of the molecule is Fc1ccccc1-c1ccc(Br)cc1S. The fourth-order valence-corrected chi connectivity index (χ4v) is 2.28. The van der Waals surface area contributed by atoms with Crippen LogP contribution in [0.1, 0.15) is 0 Å². The van der Waals surface area contributed by atoms with Gasteiger partial charge < -0.3 is 0 Å². The predicted molar refractivity (Wildman–Crippen MR) is 66.8 cm³/mol. The molecule has 0 amide bonds. The Morgan fingerprint density at radius 2 is 1.73 bits per heavy atom. The monoisotopic (exact) mass is 282 g/mol. The zero-order valence-electron chi connectivity index (χ0n) is 7.74. The van der Waals surface area contributed by atoms with Crippen molar-refractivity contribution in [2.24, 2.45) is 0 Å². The minimum absolute atomic E-state index is 0.227. The third kappa shape index (κ3) is 2.24. The third-order valence-corrected chi connectivity index (χ3v) is 2.99. The number of hydrogen-bond donors (Lipinski definition) is 1. The van der Waals surface area contributed by atoms with Gasteiger partial charge in [0.25, 0.3) is 0 Å². The molecule has 0 heterocycles. The van der Waals surface area contributed by atoms with E-state index in [0.717, 1.165) is 14.9 Å². The molecule has 0 aliphatic carbocycles. The van der Waals surface area contributed by atoms with Crippen molar-refractivity contribution in [1.29, 1.82) is 0 Å². The first-order valence-electron chi connectivity index (χ1n) is 4.42. The Labute approximate surface area is 102 Å². The minimum atomic E-state index is -0.227. The molecule has 2 rings (SSSR count). The van der Waals surface area contributed by atoms with E-state index >= 15 is 0 Å². The third-order valence-electron chi connectivity index (χ3n) is 2.12. The summed E-state index contributed by atoms with van der Waals surface area (Å²) < 4.78 is 14.4. The van der Waals surface area contributed by atoms with Crippen LogP contribution in [0.15, 0.2) is 51.8 Å². The second kappa shape index (κ2) is 4.37. The van der Waals surface area contributed by atoms with Gasteiger partial charge in [-0.1, -0.05) is 40.2 Å². The Morgan fingerprint density at radius 1 is 1.00 bits per heavy atom. The Morgan fingerprint density at radius 3 is 2.40 bits per heavy atom. The van der Waals surface area contributed by atoms with Crippen molar-refractivity contribution in [2.45, 2.75) is 4.90 Å². The van der Waals surface area contributed by atoms with Crippen LogP contribution in [-0.4, -0.2) is 0 Å². The molecule has 0 spiro atoms. The minimum Gasteiger partial charge on any atom is -0.206 e. The summed E-state index contributed by atoms with van der Waals surface area (Å²) in [5.41, 5.74) is 1.38. The van der Waals surface area contributed by atoms with Crippen LogP contribution in [0.3, 0.4) is 0 Å². The summed E-state index contributed by atoms with van der Waals surface area (Å²) in [6.45, 7) is 0. The van der Waals surface area contributed by atoms with Crippen LogP contribution in [0.5, 0.6) is 0 Å². The summed E-state index contributed by atoms with van der Waals surface area (Å²) in [7, 11) is 0. The van der Waals surface area contributed by atoms with Gasteiger partial charge in [0.1, 0.15) is 5.82 Å². The fraction of sp³-hybridized carbons (Fsp3) is 0. The lowest BCUT2D eigenvalue weighted by Crippen LogP contribution is -1.85. The first kappa shape index (κ1) is 10.7. The van der Waals surface area contributed by atoms with Crippen molar-refractivity contribution in [3.63, 3.8) is 0 Å². The summed E-state index contributed by atoms with van der Waals surface area (Å²) in [4.78, 5) is 0.759. The fourth-order valence-electron chi connectivity index (χ4n) is 1.41. The first-order valence-corrected chi connectivity index (χ1v) is 5.66. The molecule has 0 atom stereocenters. The molecule has 0 bridgehead atoms. The van der Waals surface area contributed by atoms with Crippen molar-refractivity contribution < 1.29 is 4.39 Å². The smallest absolute Gasteiger partial charge is 0.131 e. The van der Waals surface area contributed by atoms with Gasteiger partial charge in [0.15, 0.2) is 0 Å². The van der Waals surface area contributed by atoms with E-state index in [4.69, 9.17) is 0 Å². The Kier molecular flexibility index (Phi) is 3.12. The summed E-state index contributed by atoms with van der Waals surface area (Å²) >= 11 is 7.67. The van der Waals surface area contributed by atoms with Crippen LogP contribution in [0.4, 0.5) is 4.39 Å². The van der Waals surface area contributed by atoms with E-state index in [9.17, 15) is 4.39 Å². The second-order valence-electron chi connectivity index (χ2n) is 3.14. The van der Waals surface area contributed by atoms with Crippen molar-refractivity contribution in [1.82, 2.24) is 0 Å². The maximum atomic E-state index is 13.5. The van der Waals surface area contributed by atoms with Gasteiger partial charge in [-0.15, -0.1) is 12.6 Å². The molecule has 0 saturated heterocycles. The van der Waals surface area contributed by atoms with E-state index in [1.54, 1.807) is 12.1 Å². The topological polar surface area (TPSA) is 0 Å². The number of benzene rings is 2.